The summed E-state index contributed by atoms with van der Waals surface area (Å²) in [5.41, 5.74) is 2.63. The van der Waals surface area contributed by atoms with Gasteiger partial charge in [0.25, 0.3) is 0 Å². The molecule has 4 rings (SSSR count). The molecular weight excluding hydrogens is 426 g/mol. The number of nitrogens with zero attached hydrogens (tertiary/aromatic N) is 1. The van der Waals surface area contributed by atoms with Crippen molar-refractivity contribution in [2.45, 2.75) is 37.6 Å². The molecule has 0 spiro atoms. The number of hydrogen-bond acceptors (Lipinski definition) is 6. The smallest absolute Gasteiger partial charge is 0.408 e. The first-order valence-corrected chi connectivity index (χ1v) is 10.7. The topological polar surface area (TPSA) is 106 Å². The van der Waals surface area contributed by atoms with Crippen LogP contribution in [0.5, 0.6) is 11.5 Å². The number of methoxy groups -OCH3 is 2. The molecule has 3 atom stereocenters. The molecule has 1 fully saturated rings. The van der Waals surface area contributed by atoms with Gasteiger partial charge in [-0.1, -0.05) is 30.3 Å². The summed E-state index contributed by atoms with van der Waals surface area (Å²) < 4.78 is 16.1. The molecule has 0 saturated carbocycles. The number of hydrogen-bond donors (Lipinski definition) is 2. The molecule has 2 aromatic carbocycles. The van der Waals surface area contributed by atoms with Crippen LogP contribution in [0.2, 0.25) is 0 Å². The second-order valence-corrected chi connectivity index (χ2v) is 8.00. The molecule has 0 bridgehead atoms. The molecule has 0 aromatic heterocycles. The summed E-state index contributed by atoms with van der Waals surface area (Å²) in [5, 5.41) is 5.32. The van der Waals surface area contributed by atoms with Gasteiger partial charge in [0.05, 0.1) is 20.3 Å². The van der Waals surface area contributed by atoms with Crippen molar-refractivity contribution in [3.8, 4) is 11.5 Å². The first-order chi connectivity index (χ1) is 16.0. The lowest BCUT2D eigenvalue weighted by Crippen LogP contribution is -2.53. The lowest BCUT2D eigenvalue weighted by molar-refractivity contribution is -0.140. The van der Waals surface area contributed by atoms with E-state index < -0.39 is 18.2 Å². The Labute approximate surface area is 192 Å². The third kappa shape index (κ3) is 4.30. The molecule has 174 valence electrons. The number of carbonyl (C=O) groups is 3. The quantitative estimate of drug-likeness (QED) is 0.693. The maximum absolute atomic E-state index is 13.3. The Morgan fingerprint density at radius 1 is 1.09 bits per heavy atom. The first-order valence-electron chi connectivity index (χ1n) is 10.7. The van der Waals surface area contributed by atoms with Crippen molar-refractivity contribution >= 4 is 17.9 Å². The number of alkyl carbamates (subject to hydrolysis) is 1. The Hall–Kier alpha value is -3.75. The minimum Gasteiger partial charge on any atom is -0.493 e. The van der Waals surface area contributed by atoms with E-state index in [9.17, 15) is 14.4 Å². The van der Waals surface area contributed by atoms with Gasteiger partial charge >= 0.3 is 6.09 Å². The van der Waals surface area contributed by atoms with E-state index in [1.54, 1.807) is 26.2 Å². The maximum Gasteiger partial charge on any atom is 0.408 e. The SMILES string of the molecule is CNC(=O)[C@@H]1Cc2cc(OC)c(OC)cc2[C@@H]2C[C@H](NC(=O)OCc3ccccc3)C(=O)N12. The van der Waals surface area contributed by atoms with E-state index in [2.05, 4.69) is 10.6 Å². The van der Waals surface area contributed by atoms with Crippen LogP contribution in [0.3, 0.4) is 0 Å². The van der Waals surface area contributed by atoms with Crippen LogP contribution in [0.25, 0.3) is 0 Å². The predicted molar refractivity (Wildman–Crippen MR) is 119 cm³/mol. The van der Waals surface area contributed by atoms with Crippen molar-refractivity contribution in [3.63, 3.8) is 0 Å². The van der Waals surface area contributed by atoms with Gasteiger partial charge in [0.1, 0.15) is 18.7 Å². The predicted octanol–water partition coefficient (Wildman–Crippen LogP) is 1.94. The molecule has 9 heteroatoms. The second kappa shape index (κ2) is 9.40. The summed E-state index contributed by atoms with van der Waals surface area (Å²) in [5.74, 6) is 0.524. The van der Waals surface area contributed by atoms with Crippen molar-refractivity contribution in [1.29, 1.82) is 0 Å². The largest absolute Gasteiger partial charge is 0.493 e. The third-order valence-electron chi connectivity index (χ3n) is 6.15. The standard InChI is InChI=1S/C24H27N3O6/c1-25-22(28)19-9-15-10-20(31-2)21(32-3)11-16(15)18-12-17(23(29)27(18)19)26-24(30)33-13-14-7-5-4-6-8-14/h4-8,10-11,17-19H,9,12-13H2,1-3H3,(H,25,28)(H,26,30)/t17-,18-,19-/m0/s1. The van der Waals surface area contributed by atoms with Crippen LogP contribution in [0, 0.1) is 0 Å². The van der Waals surface area contributed by atoms with Crippen molar-refractivity contribution in [1.82, 2.24) is 15.5 Å². The van der Waals surface area contributed by atoms with E-state index >= 15 is 0 Å². The number of ether oxygens (including phenoxy) is 3. The summed E-state index contributed by atoms with van der Waals surface area (Å²) >= 11 is 0. The molecule has 3 amide bonds. The van der Waals surface area contributed by atoms with Crippen molar-refractivity contribution in [3.05, 3.63) is 59.2 Å². The molecule has 2 aliphatic rings. The number of rotatable bonds is 6. The van der Waals surface area contributed by atoms with Crippen LogP contribution < -0.4 is 20.1 Å². The lowest BCUT2D eigenvalue weighted by Gasteiger charge is -2.38. The van der Waals surface area contributed by atoms with Gasteiger partial charge in [0.2, 0.25) is 11.8 Å². The molecule has 2 aromatic rings. The number of fused-ring (bicyclic) bond motifs is 3. The fraction of sp³-hybridized carbons (Fsp3) is 0.375. The summed E-state index contributed by atoms with van der Waals surface area (Å²) in [7, 11) is 4.64. The van der Waals surface area contributed by atoms with Crippen molar-refractivity contribution < 1.29 is 28.6 Å². The number of nitrogens with one attached hydrogen (secondary N) is 2. The lowest BCUT2D eigenvalue weighted by atomic mass is 9.87. The zero-order valence-electron chi connectivity index (χ0n) is 18.8. The monoisotopic (exact) mass is 453 g/mol. The Kier molecular flexibility index (Phi) is 6.39. The van der Waals surface area contributed by atoms with Gasteiger partial charge in [-0.25, -0.2) is 4.79 Å². The van der Waals surface area contributed by atoms with E-state index in [1.165, 1.54) is 0 Å². The molecule has 2 aliphatic heterocycles. The van der Waals surface area contributed by atoms with Gasteiger partial charge in [0.15, 0.2) is 11.5 Å². The van der Waals surface area contributed by atoms with Gasteiger partial charge in [-0.15, -0.1) is 0 Å². The minimum absolute atomic E-state index is 0.0986. The highest BCUT2D eigenvalue weighted by Gasteiger charge is 2.49. The highest BCUT2D eigenvalue weighted by Crippen LogP contribution is 2.45. The number of likely N-dealkylation sites (N-methyl/N-ethyl adjacent to an activating group) is 1. The van der Waals surface area contributed by atoms with Gasteiger partial charge < -0.3 is 29.7 Å². The molecule has 2 N–H and O–H groups in total. The molecule has 1 saturated heterocycles. The van der Waals surface area contributed by atoms with Gasteiger partial charge in [0, 0.05) is 19.9 Å². The van der Waals surface area contributed by atoms with E-state index in [0.29, 0.717) is 24.3 Å². The molecule has 2 heterocycles. The third-order valence-corrected chi connectivity index (χ3v) is 6.15. The number of benzene rings is 2. The highest BCUT2D eigenvalue weighted by atomic mass is 16.5. The summed E-state index contributed by atoms with van der Waals surface area (Å²) in [6.07, 6.45) is -0.0287. The van der Waals surface area contributed by atoms with E-state index in [1.807, 2.05) is 42.5 Å². The first kappa shape index (κ1) is 22.4. The average Bonchev–Trinajstić information content (AvgIpc) is 3.17. The Bertz CT molecular complexity index is 1060. The van der Waals surface area contributed by atoms with Crippen molar-refractivity contribution in [2.24, 2.45) is 0 Å². The highest BCUT2D eigenvalue weighted by molar-refractivity contribution is 5.94. The Balaban J connectivity index is 1.57. The summed E-state index contributed by atoms with van der Waals surface area (Å²) in [6.45, 7) is 0.0986. The van der Waals surface area contributed by atoms with Gasteiger partial charge in [-0.2, -0.15) is 0 Å². The number of carbonyl (C=O) groups excluding carboxylic acids is 3. The molecule has 33 heavy (non-hydrogen) atoms. The van der Waals surface area contributed by atoms with E-state index in [0.717, 1.165) is 16.7 Å². The molecule has 0 aliphatic carbocycles. The van der Waals surface area contributed by atoms with Crippen LogP contribution in [-0.4, -0.2) is 56.2 Å². The second-order valence-electron chi connectivity index (χ2n) is 8.00. The molecule has 0 unspecified atom stereocenters. The van der Waals surface area contributed by atoms with Crippen LogP contribution in [0.4, 0.5) is 4.79 Å². The zero-order chi connectivity index (χ0) is 23.5. The Morgan fingerprint density at radius 3 is 2.45 bits per heavy atom. The van der Waals surface area contributed by atoms with Crippen LogP contribution >= 0.6 is 0 Å². The van der Waals surface area contributed by atoms with E-state index in [-0.39, 0.29) is 24.5 Å². The summed E-state index contributed by atoms with van der Waals surface area (Å²) in [6, 6.07) is 11.1. The fourth-order valence-electron chi connectivity index (χ4n) is 4.56. The fourth-order valence-corrected chi connectivity index (χ4v) is 4.56. The van der Waals surface area contributed by atoms with Crippen molar-refractivity contribution in [2.75, 3.05) is 21.3 Å². The van der Waals surface area contributed by atoms with Gasteiger partial charge in [-0.05, 0) is 28.8 Å². The van der Waals surface area contributed by atoms with Crippen LogP contribution in [0.1, 0.15) is 29.2 Å². The average molecular weight is 453 g/mol. The minimum atomic E-state index is -0.801. The normalized spacial score (nSPS) is 21.0. The summed E-state index contributed by atoms with van der Waals surface area (Å²) in [4.78, 5) is 39.9. The maximum atomic E-state index is 13.3. The number of amides is 3. The Morgan fingerprint density at radius 2 is 1.79 bits per heavy atom. The molecule has 0 radical (unpaired) electrons. The zero-order valence-corrected chi connectivity index (χ0v) is 18.8. The van der Waals surface area contributed by atoms with Gasteiger partial charge in [-0.3, -0.25) is 9.59 Å². The van der Waals surface area contributed by atoms with E-state index in [4.69, 9.17) is 14.2 Å². The molecule has 9 nitrogen and oxygen atoms in total. The van der Waals surface area contributed by atoms with Crippen LogP contribution in [0.15, 0.2) is 42.5 Å². The van der Waals surface area contributed by atoms with Crippen LogP contribution in [-0.2, 0) is 27.4 Å². The molecular formula is C24H27N3O6.